The average molecular weight is 435 g/mol. The number of halogens is 4. The molecule has 1 aromatic rings. The molecule has 0 aliphatic carbocycles. The van der Waals surface area contributed by atoms with Crippen molar-refractivity contribution in [1.29, 1.82) is 0 Å². The zero-order valence-electron chi connectivity index (χ0n) is 16.4. The van der Waals surface area contributed by atoms with E-state index in [1.165, 1.54) is 6.92 Å². The number of rotatable bonds is 11. The summed E-state index contributed by atoms with van der Waals surface area (Å²) in [5.74, 6) is -2.72. The van der Waals surface area contributed by atoms with Gasteiger partial charge in [-0.3, -0.25) is 14.4 Å². The minimum atomic E-state index is -4.92. The fourth-order valence-electron chi connectivity index (χ4n) is 2.86. The summed E-state index contributed by atoms with van der Waals surface area (Å²) in [7, 11) is 0. The third-order valence-corrected chi connectivity index (χ3v) is 5.05. The lowest BCUT2D eigenvalue weighted by Crippen LogP contribution is -2.40. The molecule has 0 radical (unpaired) electrons. The molecular formula is C20H26ClF3N2O3. The zero-order valence-corrected chi connectivity index (χ0v) is 17.1. The van der Waals surface area contributed by atoms with E-state index in [-0.39, 0.29) is 48.8 Å². The molecule has 0 aliphatic heterocycles. The summed E-state index contributed by atoms with van der Waals surface area (Å²) in [4.78, 5) is 34.8. The molecule has 0 fully saturated rings. The van der Waals surface area contributed by atoms with Crippen LogP contribution in [-0.2, 0) is 14.4 Å². The van der Waals surface area contributed by atoms with Gasteiger partial charge in [-0.15, -0.1) is 11.6 Å². The molecule has 3 atom stereocenters. The van der Waals surface area contributed by atoms with E-state index in [4.69, 9.17) is 11.6 Å². The van der Waals surface area contributed by atoms with Crippen molar-refractivity contribution in [2.75, 3.05) is 6.54 Å². The van der Waals surface area contributed by atoms with Gasteiger partial charge in [-0.1, -0.05) is 37.3 Å². The topological polar surface area (TPSA) is 75.3 Å². The number of carbonyl (C=O) groups is 3. The number of unbranched alkanes of at least 4 members (excludes halogenated alkanes) is 1. The first-order chi connectivity index (χ1) is 13.5. The van der Waals surface area contributed by atoms with Gasteiger partial charge >= 0.3 is 12.1 Å². The Hall–Kier alpha value is -2.09. The smallest absolute Gasteiger partial charge is 0.348 e. The average Bonchev–Trinajstić information content (AvgIpc) is 2.65. The van der Waals surface area contributed by atoms with Gasteiger partial charge in [0.2, 0.25) is 5.91 Å². The third kappa shape index (κ3) is 9.30. The number of hydrogen-bond donors (Lipinski definition) is 2. The maximum absolute atomic E-state index is 12.6. The molecule has 0 saturated carbocycles. The van der Waals surface area contributed by atoms with E-state index in [0.717, 1.165) is 5.56 Å². The van der Waals surface area contributed by atoms with Crippen LogP contribution in [0.3, 0.4) is 0 Å². The zero-order chi connectivity index (χ0) is 22.0. The van der Waals surface area contributed by atoms with E-state index < -0.39 is 18.1 Å². The van der Waals surface area contributed by atoms with Gasteiger partial charge in [-0.25, -0.2) is 0 Å². The Morgan fingerprint density at radius 2 is 1.72 bits per heavy atom. The number of benzene rings is 1. The van der Waals surface area contributed by atoms with Gasteiger partial charge in [0.05, 0.1) is 11.4 Å². The number of ketones is 1. The van der Waals surface area contributed by atoms with E-state index in [1.807, 2.05) is 37.3 Å². The van der Waals surface area contributed by atoms with E-state index >= 15 is 0 Å². The van der Waals surface area contributed by atoms with E-state index in [0.29, 0.717) is 6.42 Å². The summed E-state index contributed by atoms with van der Waals surface area (Å²) < 4.78 is 36.4. The molecule has 1 aromatic carbocycles. The molecule has 0 bridgehead atoms. The Balaban J connectivity index is 2.53. The van der Waals surface area contributed by atoms with Crippen LogP contribution in [0.2, 0.25) is 0 Å². The second kappa shape index (κ2) is 11.8. The SMILES string of the molecule is CC(=O)N[C@@H](CCCCNC(=O)C(F)(F)F)C(=O)C[C@@H](C)C(Cl)c1ccccc1. The Labute approximate surface area is 173 Å². The second-order valence-electron chi connectivity index (χ2n) is 6.96. The molecule has 2 amide bonds. The summed E-state index contributed by atoms with van der Waals surface area (Å²) >= 11 is 6.45. The minimum absolute atomic E-state index is 0.152. The predicted octanol–water partition coefficient (Wildman–Crippen LogP) is 3.92. The Morgan fingerprint density at radius 3 is 2.28 bits per heavy atom. The maximum atomic E-state index is 12.6. The van der Waals surface area contributed by atoms with Crippen molar-refractivity contribution >= 4 is 29.2 Å². The molecule has 5 nitrogen and oxygen atoms in total. The third-order valence-electron chi connectivity index (χ3n) is 4.37. The highest BCUT2D eigenvalue weighted by Crippen LogP contribution is 2.31. The highest BCUT2D eigenvalue weighted by atomic mass is 35.5. The fraction of sp³-hybridized carbons (Fsp3) is 0.550. The van der Waals surface area contributed by atoms with Crippen molar-refractivity contribution in [1.82, 2.24) is 10.6 Å². The monoisotopic (exact) mass is 434 g/mol. The van der Waals surface area contributed by atoms with E-state index in [9.17, 15) is 27.6 Å². The summed E-state index contributed by atoms with van der Waals surface area (Å²) in [6.45, 7) is 2.98. The molecule has 0 spiro atoms. The number of hydrogen-bond acceptors (Lipinski definition) is 3. The number of alkyl halides is 4. The summed E-state index contributed by atoms with van der Waals surface area (Å²) in [6, 6.07) is 8.59. The van der Waals surface area contributed by atoms with Crippen molar-refractivity contribution < 1.29 is 27.6 Å². The van der Waals surface area contributed by atoms with Crippen LogP contribution in [0.4, 0.5) is 13.2 Å². The number of nitrogens with one attached hydrogen (secondary N) is 2. The van der Waals surface area contributed by atoms with Crippen LogP contribution >= 0.6 is 11.6 Å². The second-order valence-corrected chi connectivity index (χ2v) is 7.43. The summed E-state index contributed by atoms with van der Waals surface area (Å²) in [5.41, 5.74) is 0.894. The lowest BCUT2D eigenvalue weighted by atomic mass is 9.91. The minimum Gasteiger partial charge on any atom is -0.348 e. The van der Waals surface area contributed by atoms with Gasteiger partial charge in [0.1, 0.15) is 0 Å². The van der Waals surface area contributed by atoms with Crippen molar-refractivity contribution in [2.24, 2.45) is 5.92 Å². The van der Waals surface area contributed by atoms with Crippen LogP contribution < -0.4 is 10.6 Å². The molecule has 0 saturated heterocycles. The summed E-state index contributed by atoms with van der Waals surface area (Å²) in [6.07, 6.45) is -3.87. The molecule has 29 heavy (non-hydrogen) atoms. The number of carbonyl (C=O) groups excluding carboxylic acids is 3. The maximum Gasteiger partial charge on any atom is 0.471 e. The van der Waals surface area contributed by atoms with Gasteiger partial charge in [0.15, 0.2) is 5.78 Å². The Kier molecular flexibility index (Phi) is 10.2. The van der Waals surface area contributed by atoms with Crippen LogP contribution in [0.5, 0.6) is 0 Å². The molecule has 1 rings (SSSR count). The predicted molar refractivity (Wildman–Crippen MR) is 104 cm³/mol. The lowest BCUT2D eigenvalue weighted by Gasteiger charge is -2.22. The first-order valence-corrected chi connectivity index (χ1v) is 9.79. The van der Waals surface area contributed by atoms with E-state index in [1.54, 1.807) is 5.32 Å². The molecule has 1 unspecified atom stereocenters. The van der Waals surface area contributed by atoms with Crippen LogP contribution in [0, 0.1) is 5.92 Å². The van der Waals surface area contributed by atoms with Crippen LogP contribution in [0.15, 0.2) is 30.3 Å². The summed E-state index contributed by atoms with van der Waals surface area (Å²) in [5, 5.41) is 4.00. The molecule has 162 valence electrons. The number of amides is 2. The first-order valence-electron chi connectivity index (χ1n) is 9.36. The van der Waals surface area contributed by atoms with Crippen molar-refractivity contribution in [3.63, 3.8) is 0 Å². The molecule has 0 aliphatic rings. The molecular weight excluding hydrogens is 409 g/mol. The molecule has 0 aromatic heterocycles. The van der Waals surface area contributed by atoms with Gasteiger partial charge in [-0.2, -0.15) is 13.2 Å². The van der Waals surface area contributed by atoms with Crippen molar-refractivity contribution in [3.8, 4) is 0 Å². The normalized spacial score (nSPS) is 14.6. The quantitative estimate of drug-likeness (QED) is 0.409. The number of Topliss-reactive ketones (excluding diaryl/α,β-unsaturated/α-hetero) is 1. The van der Waals surface area contributed by atoms with Crippen LogP contribution in [0.1, 0.15) is 50.5 Å². The van der Waals surface area contributed by atoms with Gasteiger partial charge in [0, 0.05) is 19.9 Å². The molecule has 0 heterocycles. The highest BCUT2D eigenvalue weighted by Gasteiger charge is 2.38. The highest BCUT2D eigenvalue weighted by molar-refractivity contribution is 6.21. The molecule has 2 N–H and O–H groups in total. The first kappa shape index (κ1) is 24.9. The fourth-order valence-corrected chi connectivity index (χ4v) is 3.10. The Morgan fingerprint density at radius 1 is 1.10 bits per heavy atom. The standard InChI is InChI=1S/C20H26ClF3N2O3/c1-13(18(21)15-8-4-3-5-9-15)12-17(28)16(26-14(2)27)10-6-7-11-25-19(29)20(22,23)24/h3-5,8-9,13,16,18H,6-7,10-12H2,1-2H3,(H,25,29)(H,26,27)/t13-,16+,18?/m1/s1. The van der Waals surface area contributed by atoms with Crippen LogP contribution in [0.25, 0.3) is 0 Å². The van der Waals surface area contributed by atoms with Crippen LogP contribution in [-0.4, -0.2) is 36.4 Å². The van der Waals surface area contributed by atoms with Gasteiger partial charge < -0.3 is 10.6 Å². The Bertz CT molecular complexity index is 683. The molecule has 9 heteroatoms. The van der Waals surface area contributed by atoms with Gasteiger partial charge in [0.25, 0.3) is 0 Å². The van der Waals surface area contributed by atoms with E-state index in [2.05, 4.69) is 5.32 Å². The van der Waals surface area contributed by atoms with Crippen molar-refractivity contribution in [2.45, 2.75) is 57.1 Å². The largest absolute Gasteiger partial charge is 0.471 e. The van der Waals surface area contributed by atoms with Crippen molar-refractivity contribution in [3.05, 3.63) is 35.9 Å². The van der Waals surface area contributed by atoms with Gasteiger partial charge in [-0.05, 0) is 30.7 Å². The lowest BCUT2D eigenvalue weighted by molar-refractivity contribution is -0.173.